The standard InChI is InChI=1S/C18H15N3O4/c22-21(23)15-8-7-14(18-13(15)4-3-9-19-18)20-10-12-11-24-16-5-1-2-6-17(16)25-12/h1-9,12,20H,10-11H2/t12-/m0/s1. The van der Waals surface area contributed by atoms with Gasteiger partial charge in [0.15, 0.2) is 11.5 Å². The van der Waals surface area contributed by atoms with Crippen LogP contribution in [0.1, 0.15) is 0 Å². The van der Waals surface area contributed by atoms with E-state index in [-0.39, 0.29) is 11.8 Å². The Labute approximate surface area is 143 Å². The number of hydrogen-bond acceptors (Lipinski definition) is 6. The number of hydrogen-bond donors (Lipinski definition) is 1. The number of nitro groups is 1. The first-order valence-corrected chi connectivity index (χ1v) is 7.87. The molecule has 0 fully saturated rings. The van der Waals surface area contributed by atoms with Crippen molar-refractivity contribution >= 4 is 22.3 Å². The smallest absolute Gasteiger partial charge is 0.278 e. The van der Waals surface area contributed by atoms with Gasteiger partial charge in [-0.1, -0.05) is 12.1 Å². The zero-order valence-corrected chi connectivity index (χ0v) is 13.2. The van der Waals surface area contributed by atoms with Gasteiger partial charge in [0.05, 0.1) is 22.5 Å². The Morgan fingerprint density at radius 2 is 2.00 bits per heavy atom. The summed E-state index contributed by atoms with van der Waals surface area (Å²) in [5, 5.41) is 14.9. The van der Waals surface area contributed by atoms with Crippen LogP contribution in [0.5, 0.6) is 11.5 Å². The molecule has 4 rings (SSSR count). The maximum absolute atomic E-state index is 11.2. The number of non-ortho nitro benzene ring substituents is 1. The van der Waals surface area contributed by atoms with Crippen molar-refractivity contribution in [2.75, 3.05) is 18.5 Å². The van der Waals surface area contributed by atoms with E-state index in [1.165, 1.54) is 6.07 Å². The number of nitrogens with one attached hydrogen (secondary N) is 1. The Kier molecular flexibility index (Phi) is 3.81. The Morgan fingerprint density at radius 1 is 1.16 bits per heavy atom. The Morgan fingerprint density at radius 3 is 2.84 bits per heavy atom. The number of pyridine rings is 1. The van der Waals surface area contributed by atoms with E-state index < -0.39 is 4.92 Å². The van der Waals surface area contributed by atoms with Gasteiger partial charge in [-0.2, -0.15) is 0 Å². The summed E-state index contributed by atoms with van der Waals surface area (Å²) in [5.74, 6) is 1.45. The average molecular weight is 337 g/mol. The Bertz CT molecular complexity index is 945. The SMILES string of the molecule is O=[N+]([O-])c1ccc(NC[C@H]2COc3ccccc3O2)c2ncccc12. The van der Waals surface area contributed by atoms with E-state index in [0.717, 1.165) is 11.4 Å². The van der Waals surface area contributed by atoms with Crippen LogP contribution in [-0.2, 0) is 0 Å². The highest BCUT2D eigenvalue weighted by atomic mass is 16.6. The van der Waals surface area contributed by atoms with Gasteiger partial charge in [0.1, 0.15) is 18.2 Å². The molecule has 126 valence electrons. The summed E-state index contributed by atoms with van der Waals surface area (Å²) in [4.78, 5) is 15.1. The van der Waals surface area contributed by atoms with Gasteiger partial charge in [-0.15, -0.1) is 0 Å². The van der Waals surface area contributed by atoms with Crippen LogP contribution >= 0.6 is 0 Å². The number of rotatable bonds is 4. The molecule has 2 heterocycles. The molecule has 2 aromatic carbocycles. The lowest BCUT2D eigenvalue weighted by atomic mass is 10.1. The number of ether oxygens (including phenoxy) is 2. The molecule has 0 aliphatic carbocycles. The number of aromatic nitrogens is 1. The van der Waals surface area contributed by atoms with Crippen LogP contribution in [0, 0.1) is 10.1 Å². The highest BCUT2D eigenvalue weighted by Crippen LogP contribution is 2.32. The second-order valence-electron chi connectivity index (χ2n) is 5.67. The van der Waals surface area contributed by atoms with Gasteiger partial charge in [0, 0.05) is 12.3 Å². The van der Waals surface area contributed by atoms with Gasteiger partial charge >= 0.3 is 0 Å². The van der Waals surface area contributed by atoms with Gasteiger partial charge in [0.2, 0.25) is 0 Å². The number of fused-ring (bicyclic) bond motifs is 2. The maximum Gasteiger partial charge on any atom is 0.278 e. The van der Waals surface area contributed by atoms with E-state index in [1.54, 1.807) is 24.4 Å². The number of benzene rings is 2. The Balaban J connectivity index is 1.54. The number of nitrogens with zero attached hydrogens (tertiary/aromatic N) is 2. The van der Waals surface area contributed by atoms with Gasteiger partial charge in [-0.3, -0.25) is 15.1 Å². The van der Waals surface area contributed by atoms with Crippen molar-refractivity contribution in [3.63, 3.8) is 0 Å². The van der Waals surface area contributed by atoms with E-state index in [9.17, 15) is 10.1 Å². The van der Waals surface area contributed by atoms with Gasteiger partial charge < -0.3 is 14.8 Å². The lowest BCUT2D eigenvalue weighted by Gasteiger charge is -2.26. The molecular weight excluding hydrogens is 322 g/mol. The molecule has 1 aliphatic heterocycles. The fraction of sp³-hybridized carbons (Fsp3) is 0.167. The predicted octanol–water partition coefficient (Wildman–Crippen LogP) is 3.39. The third-order valence-electron chi connectivity index (χ3n) is 4.03. The average Bonchev–Trinajstić information content (AvgIpc) is 2.65. The monoisotopic (exact) mass is 337 g/mol. The topological polar surface area (TPSA) is 86.5 Å². The zero-order valence-electron chi connectivity index (χ0n) is 13.2. The molecule has 7 heteroatoms. The van der Waals surface area contributed by atoms with Crippen LogP contribution in [0.25, 0.3) is 10.9 Å². The first kappa shape index (κ1) is 15.2. The molecule has 1 N–H and O–H groups in total. The fourth-order valence-corrected chi connectivity index (χ4v) is 2.85. The number of para-hydroxylation sites is 2. The van der Waals surface area contributed by atoms with Crippen molar-refractivity contribution < 1.29 is 14.4 Å². The van der Waals surface area contributed by atoms with Crippen molar-refractivity contribution in [3.05, 3.63) is 64.8 Å². The third kappa shape index (κ3) is 2.91. The molecule has 1 aromatic heterocycles. The van der Waals surface area contributed by atoms with E-state index in [4.69, 9.17) is 9.47 Å². The van der Waals surface area contributed by atoms with Crippen molar-refractivity contribution in [1.82, 2.24) is 4.98 Å². The van der Waals surface area contributed by atoms with Crippen molar-refractivity contribution in [1.29, 1.82) is 0 Å². The fourth-order valence-electron chi connectivity index (χ4n) is 2.85. The molecule has 1 atom stereocenters. The molecule has 0 unspecified atom stereocenters. The van der Waals surface area contributed by atoms with E-state index in [0.29, 0.717) is 29.8 Å². The van der Waals surface area contributed by atoms with Crippen molar-refractivity contribution in [2.24, 2.45) is 0 Å². The molecule has 1 aliphatic rings. The highest BCUT2D eigenvalue weighted by molar-refractivity contribution is 5.96. The highest BCUT2D eigenvalue weighted by Gasteiger charge is 2.21. The lowest BCUT2D eigenvalue weighted by molar-refractivity contribution is -0.383. The number of nitro benzene ring substituents is 1. The molecule has 0 amide bonds. The van der Waals surface area contributed by atoms with Gasteiger partial charge in [-0.25, -0.2) is 0 Å². The van der Waals surface area contributed by atoms with Gasteiger partial charge in [0.25, 0.3) is 5.69 Å². The number of anilines is 1. The molecule has 0 spiro atoms. The zero-order chi connectivity index (χ0) is 17.2. The van der Waals surface area contributed by atoms with Crippen LogP contribution in [0.15, 0.2) is 54.7 Å². The van der Waals surface area contributed by atoms with E-state index in [1.807, 2.05) is 24.3 Å². The molecule has 7 nitrogen and oxygen atoms in total. The second-order valence-corrected chi connectivity index (χ2v) is 5.67. The first-order chi connectivity index (χ1) is 12.2. The summed E-state index contributed by atoms with van der Waals surface area (Å²) in [7, 11) is 0. The molecule has 25 heavy (non-hydrogen) atoms. The molecule has 0 saturated heterocycles. The predicted molar refractivity (Wildman–Crippen MR) is 93.2 cm³/mol. The minimum absolute atomic E-state index is 0.0415. The normalized spacial score (nSPS) is 15.8. The van der Waals surface area contributed by atoms with Crippen molar-refractivity contribution in [2.45, 2.75) is 6.10 Å². The largest absolute Gasteiger partial charge is 0.486 e. The second kappa shape index (κ2) is 6.27. The maximum atomic E-state index is 11.2. The molecule has 0 bridgehead atoms. The summed E-state index contributed by atoms with van der Waals surface area (Å²) in [6.45, 7) is 0.931. The first-order valence-electron chi connectivity index (χ1n) is 7.87. The summed E-state index contributed by atoms with van der Waals surface area (Å²) < 4.78 is 11.6. The Hall–Kier alpha value is -3.35. The lowest BCUT2D eigenvalue weighted by Crippen LogP contribution is -2.35. The molecule has 0 radical (unpaired) electrons. The molecular formula is C18H15N3O4. The van der Waals surface area contributed by atoms with Crippen LogP contribution in [0.3, 0.4) is 0 Å². The van der Waals surface area contributed by atoms with Crippen LogP contribution < -0.4 is 14.8 Å². The van der Waals surface area contributed by atoms with E-state index >= 15 is 0 Å². The summed E-state index contributed by atoms with van der Waals surface area (Å²) in [5.41, 5.74) is 1.33. The summed E-state index contributed by atoms with van der Waals surface area (Å²) in [6.07, 6.45) is 1.46. The quantitative estimate of drug-likeness (QED) is 0.580. The molecule has 0 saturated carbocycles. The van der Waals surface area contributed by atoms with Crippen molar-refractivity contribution in [3.8, 4) is 11.5 Å². The third-order valence-corrected chi connectivity index (χ3v) is 4.03. The van der Waals surface area contributed by atoms with Crippen LogP contribution in [0.2, 0.25) is 0 Å². The molecule has 3 aromatic rings. The van der Waals surface area contributed by atoms with Crippen LogP contribution in [-0.4, -0.2) is 29.2 Å². The summed E-state index contributed by atoms with van der Waals surface area (Å²) >= 11 is 0. The minimum Gasteiger partial charge on any atom is -0.486 e. The van der Waals surface area contributed by atoms with E-state index in [2.05, 4.69) is 10.3 Å². The van der Waals surface area contributed by atoms with Crippen LogP contribution in [0.4, 0.5) is 11.4 Å². The summed E-state index contributed by atoms with van der Waals surface area (Å²) in [6, 6.07) is 14.1. The minimum atomic E-state index is -0.400. The van der Waals surface area contributed by atoms with Gasteiger partial charge in [-0.05, 0) is 30.3 Å².